The fraction of sp³-hybridized carbons (Fsp3) is 0.875. The predicted octanol–water partition coefficient (Wildman–Crippen LogP) is 0.174. The predicted molar refractivity (Wildman–Crippen MR) is 46.0 cm³/mol. The topological polar surface area (TPSA) is 47.6 Å². The third-order valence-electron chi connectivity index (χ3n) is 1.51. The second kappa shape index (κ2) is 7.06. The van der Waals surface area contributed by atoms with E-state index in [9.17, 15) is 4.79 Å². The van der Waals surface area contributed by atoms with E-state index in [0.29, 0.717) is 6.61 Å². The van der Waals surface area contributed by atoms with Gasteiger partial charge in [0.1, 0.15) is 6.61 Å². The largest absolute Gasteiger partial charge is 0.385 e. The average Bonchev–Trinajstić information content (AvgIpc) is 2.10. The molecule has 0 fully saturated rings. The number of carbonyl (C=O) groups excluding carboxylic acids is 1. The number of hydrogen-bond donors (Lipinski definition) is 1. The zero-order chi connectivity index (χ0) is 9.40. The average molecular weight is 175 g/mol. The van der Waals surface area contributed by atoms with Gasteiger partial charge in [0, 0.05) is 20.8 Å². The summed E-state index contributed by atoms with van der Waals surface area (Å²) in [4.78, 5) is 10.7. The first kappa shape index (κ1) is 11.4. The van der Waals surface area contributed by atoms with Crippen LogP contribution in [-0.4, -0.2) is 39.4 Å². The van der Waals surface area contributed by atoms with Crippen LogP contribution in [-0.2, 0) is 14.3 Å². The number of rotatable bonds is 6. The monoisotopic (exact) mass is 175 g/mol. The van der Waals surface area contributed by atoms with Gasteiger partial charge in [-0.15, -0.1) is 0 Å². The molecule has 1 N–H and O–H groups in total. The van der Waals surface area contributed by atoms with Gasteiger partial charge in [0.2, 0.25) is 5.91 Å². The molecule has 0 rings (SSSR count). The number of amides is 1. The maximum atomic E-state index is 10.7. The summed E-state index contributed by atoms with van der Waals surface area (Å²) in [6.45, 7) is 2.71. The Morgan fingerprint density at radius 3 is 2.75 bits per heavy atom. The van der Waals surface area contributed by atoms with E-state index in [1.54, 1.807) is 14.2 Å². The van der Waals surface area contributed by atoms with E-state index in [4.69, 9.17) is 9.47 Å². The lowest BCUT2D eigenvalue weighted by Gasteiger charge is -2.11. The number of methoxy groups -OCH3 is 1. The summed E-state index contributed by atoms with van der Waals surface area (Å²) in [5.41, 5.74) is 0. The lowest BCUT2D eigenvalue weighted by atomic mass is 10.3. The van der Waals surface area contributed by atoms with Gasteiger partial charge in [0.05, 0.1) is 6.10 Å². The molecule has 0 saturated heterocycles. The van der Waals surface area contributed by atoms with Gasteiger partial charge in [-0.1, -0.05) is 0 Å². The van der Waals surface area contributed by atoms with Crippen molar-refractivity contribution < 1.29 is 14.3 Å². The van der Waals surface area contributed by atoms with Gasteiger partial charge in [-0.25, -0.2) is 0 Å². The Morgan fingerprint density at radius 2 is 2.25 bits per heavy atom. The van der Waals surface area contributed by atoms with Gasteiger partial charge >= 0.3 is 0 Å². The molecule has 0 aromatic carbocycles. The van der Waals surface area contributed by atoms with E-state index >= 15 is 0 Å². The summed E-state index contributed by atoms with van der Waals surface area (Å²) in [6, 6.07) is 0. The summed E-state index contributed by atoms with van der Waals surface area (Å²) >= 11 is 0. The minimum atomic E-state index is -0.0979. The van der Waals surface area contributed by atoms with Gasteiger partial charge in [-0.2, -0.15) is 0 Å². The van der Waals surface area contributed by atoms with Crippen LogP contribution in [0.1, 0.15) is 13.3 Å². The van der Waals surface area contributed by atoms with Gasteiger partial charge < -0.3 is 14.8 Å². The van der Waals surface area contributed by atoms with Crippen molar-refractivity contribution in [1.29, 1.82) is 0 Å². The Hall–Kier alpha value is -0.610. The SMILES string of the molecule is CNC(=O)COC(C)CCOC. The van der Waals surface area contributed by atoms with E-state index in [1.807, 2.05) is 6.92 Å². The van der Waals surface area contributed by atoms with Crippen LogP contribution in [0.3, 0.4) is 0 Å². The Labute approximate surface area is 73.2 Å². The molecular formula is C8H17NO3. The number of ether oxygens (including phenoxy) is 2. The quantitative estimate of drug-likeness (QED) is 0.626. The molecule has 0 aliphatic rings. The van der Waals surface area contributed by atoms with Crippen molar-refractivity contribution in [3.63, 3.8) is 0 Å². The van der Waals surface area contributed by atoms with E-state index in [2.05, 4.69) is 5.32 Å². The highest BCUT2D eigenvalue weighted by molar-refractivity contribution is 5.76. The number of carbonyl (C=O) groups is 1. The Kier molecular flexibility index (Phi) is 6.70. The standard InChI is InChI=1S/C8H17NO3/c1-7(4-5-11-3)12-6-8(10)9-2/h7H,4-6H2,1-3H3,(H,9,10). The van der Waals surface area contributed by atoms with Gasteiger partial charge in [0.25, 0.3) is 0 Å². The third-order valence-corrected chi connectivity index (χ3v) is 1.51. The molecule has 0 radical (unpaired) electrons. The Bertz CT molecular complexity index is 127. The lowest BCUT2D eigenvalue weighted by molar-refractivity contribution is -0.127. The number of hydrogen-bond acceptors (Lipinski definition) is 3. The highest BCUT2D eigenvalue weighted by atomic mass is 16.5. The van der Waals surface area contributed by atoms with Gasteiger partial charge in [-0.3, -0.25) is 4.79 Å². The molecular weight excluding hydrogens is 158 g/mol. The van der Waals surface area contributed by atoms with Crippen LogP contribution in [0, 0.1) is 0 Å². The summed E-state index contributed by atoms with van der Waals surface area (Å²) in [5, 5.41) is 2.48. The van der Waals surface area contributed by atoms with Crippen LogP contribution in [0.4, 0.5) is 0 Å². The molecule has 0 saturated carbocycles. The fourth-order valence-electron chi connectivity index (χ4n) is 0.657. The molecule has 1 atom stereocenters. The maximum absolute atomic E-state index is 10.7. The molecule has 4 nitrogen and oxygen atoms in total. The van der Waals surface area contributed by atoms with Crippen molar-refractivity contribution in [2.24, 2.45) is 0 Å². The van der Waals surface area contributed by atoms with E-state index in [0.717, 1.165) is 6.42 Å². The smallest absolute Gasteiger partial charge is 0.245 e. The molecule has 0 spiro atoms. The van der Waals surface area contributed by atoms with Crippen LogP contribution in [0.5, 0.6) is 0 Å². The Balaban J connectivity index is 3.30. The van der Waals surface area contributed by atoms with Crippen molar-refractivity contribution in [2.75, 3.05) is 27.4 Å². The minimum Gasteiger partial charge on any atom is -0.385 e. The van der Waals surface area contributed by atoms with Crippen molar-refractivity contribution in [2.45, 2.75) is 19.4 Å². The minimum absolute atomic E-state index is 0.0715. The molecule has 0 heterocycles. The highest BCUT2D eigenvalue weighted by Gasteiger charge is 2.04. The zero-order valence-corrected chi connectivity index (χ0v) is 7.92. The first-order chi connectivity index (χ1) is 5.70. The molecule has 1 amide bonds. The third kappa shape index (κ3) is 6.12. The molecule has 12 heavy (non-hydrogen) atoms. The normalized spacial score (nSPS) is 12.6. The first-order valence-electron chi connectivity index (χ1n) is 4.01. The van der Waals surface area contributed by atoms with E-state index in [1.165, 1.54) is 0 Å². The van der Waals surface area contributed by atoms with Crippen LogP contribution >= 0.6 is 0 Å². The van der Waals surface area contributed by atoms with Crippen LogP contribution < -0.4 is 5.32 Å². The maximum Gasteiger partial charge on any atom is 0.245 e. The molecule has 0 bridgehead atoms. The molecule has 1 unspecified atom stereocenters. The van der Waals surface area contributed by atoms with Gasteiger partial charge in [-0.05, 0) is 13.3 Å². The summed E-state index contributed by atoms with van der Waals surface area (Å²) in [5.74, 6) is -0.0979. The van der Waals surface area contributed by atoms with Crippen molar-refractivity contribution in [1.82, 2.24) is 5.32 Å². The second-order valence-corrected chi connectivity index (χ2v) is 2.58. The lowest BCUT2D eigenvalue weighted by Crippen LogP contribution is -2.26. The summed E-state index contributed by atoms with van der Waals surface area (Å²) in [7, 11) is 3.23. The number of nitrogens with one attached hydrogen (secondary N) is 1. The van der Waals surface area contributed by atoms with Crippen molar-refractivity contribution in [3.05, 3.63) is 0 Å². The van der Waals surface area contributed by atoms with Crippen molar-refractivity contribution >= 4 is 5.91 Å². The molecule has 0 aliphatic carbocycles. The molecule has 0 aliphatic heterocycles. The first-order valence-corrected chi connectivity index (χ1v) is 4.01. The van der Waals surface area contributed by atoms with Gasteiger partial charge in [0.15, 0.2) is 0 Å². The van der Waals surface area contributed by atoms with Crippen molar-refractivity contribution in [3.8, 4) is 0 Å². The highest BCUT2D eigenvalue weighted by Crippen LogP contribution is 1.96. The van der Waals surface area contributed by atoms with Crippen LogP contribution in [0.2, 0.25) is 0 Å². The number of likely N-dealkylation sites (N-methyl/N-ethyl adjacent to an activating group) is 1. The molecule has 4 heteroatoms. The van der Waals surface area contributed by atoms with E-state index in [-0.39, 0.29) is 18.6 Å². The zero-order valence-electron chi connectivity index (χ0n) is 7.92. The van der Waals surface area contributed by atoms with Crippen LogP contribution in [0.15, 0.2) is 0 Å². The molecule has 72 valence electrons. The fourth-order valence-corrected chi connectivity index (χ4v) is 0.657. The summed E-state index contributed by atoms with van der Waals surface area (Å²) < 4.78 is 10.1. The Morgan fingerprint density at radius 1 is 1.58 bits per heavy atom. The second-order valence-electron chi connectivity index (χ2n) is 2.58. The van der Waals surface area contributed by atoms with E-state index < -0.39 is 0 Å². The summed E-state index contributed by atoms with van der Waals surface area (Å²) in [6.07, 6.45) is 0.885. The van der Waals surface area contributed by atoms with Crippen LogP contribution in [0.25, 0.3) is 0 Å². The molecule has 0 aromatic rings. The molecule has 0 aromatic heterocycles.